The molecule has 2 heteroatoms. The van der Waals surface area contributed by atoms with Crippen molar-refractivity contribution in [2.75, 3.05) is 14.1 Å². The fourth-order valence-electron chi connectivity index (χ4n) is 1.83. The minimum absolute atomic E-state index is 0.472. The van der Waals surface area contributed by atoms with Crippen LogP contribution >= 0.6 is 0 Å². The molecule has 0 heterocycles. The minimum atomic E-state index is 0.472. The second kappa shape index (κ2) is 4.07. The van der Waals surface area contributed by atoms with Crippen molar-refractivity contribution in [3.05, 3.63) is 0 Å². The molecule has 1 aliphatic carbocycles. The molecule has 0 aliphatic heterocycles. The summed E-state index contributed by atoms with van der Waals surface area (Å²) in [6.45, 7) is 0. The molecule has 2 N–H and O–H groups in total. The minimum Gasteiger partial charge on any atom is -0.328 e. The lowest BCUT2D eigenvalue weighted by molar-refractivity contribution is 0.266. The third kappa shape index (κ3) is 2.80. The number of rotatable bonds is 1. The third-order valence-electron chi connectivity index (χ3n) is 2.71. The summed E-state index contributed by atoms with van der Waals surface area (Å²) in [6, 6.07) is 1.25. The Morgan fingerprint density at radius 2 is 1.82 bits per heavy atom. The predicted molar refractivity (Wildman–Crippen MR) is 48.5 cm³/mol. The van der Waals surface area contributed by atoms with Crippen molar-refractivity contribution in [2.24, 2.45) is 5.73 Å². The number of hydrogen-bond acceptors (Lipinski definition) is 2. The largest absolute Gasteiger partial charge is 0.328 e. The molecule has 66 valence electrons. The second-order valence-electron chi connectivity index (χ2n) is 3.89. The fraction of sp³-hybridized carbons (Fsp3) is 1.00. The highest BCUT2D eigenvalue weighted by Gasteiger charge is 2.17. The first-order valence-corrected chi connectivity index (χ1v) is 4.62. The molecule has 0 aromatic heterocycles. The van der Waals surface area contributed by atoms with Crippen LogP contribution in [-0.4, -0.2) is 31.1 Å². The van der Waals surface area contributed by atoms with Gasteiger partial charge in [0.15, 0.2) is 0 Å². The highest BCUT2D eigenvalue weighted by atomic mass is 15.1. The Balaban J connectivity index is 2.34. The molecule has 0 spiro atoms. The molecule has 11 heavy (non-hydrogen) atoms. The van der Waals surface area contributed by atoms with Crippen molar-refractivity contribution in [1.29, 1.82) is 0 Å². The quantitative estimate of drug-likeness (QED) is 0.578. The third-order valence-corrected chi connectivity index (χ3v) is 2.71. The van der Waals surface area contributed by atoms with Crippen LogP contribution in [0.1, 0.15) is 32.1 Å². The first-order valence-electron chi connectivity index (χ1n) is 4.62. The van der Waals surface area contributed by atoms with Gasteiger partial charge >= 0.3 is 0 Å². The van der Waals surface area contributed by atoms with Gasteiger partial charge in [0.05, 0.1) is 0 Å². The van der Waals surface area contributed by atoms with E-state index in [1.54, 1.807) is 0 Å². The Bertz CT molecular complexity index is 112. The van der Waals surface area contributed by atoms with E-state index < -0.39 is 0 Å². The molecule has 0 aromatic rings. The van der Waals surface area contributed by atoms with Gasteiger partial charge in [-0.3, -0.25) is 0 Å². The molecule has 0 aromatic carbocycles. The Kier molecular flexibility index (Phi) is 3.34. The zero-order valence-corrected chi connectivity index (χ0v) is 7.71. The van der Waals surface area contributed by atoms with Crippen LogP contribution in [-0.2, 0) is 0 Å². The van der Waals surface area contributed by atoms with Crippen LogP contribution in [0.2, 0.25) is 0 Å². The number of nitrogens with two attached hydrogens (primary N) is 1. The highest BCUT2D eigenvalue weighted by molar-refractivity contribution is 4.75. The lowest BCUT2D eigenvalue weighted by Gasteiger charge is -2.22. The van der Waals surface area contributed by atoms with Gasteiger partial charge in [-0.25, -0.2) is 0 Å². The molecule has 0 amide bonds. The normalized spacial score (nSPS) is 33.8. The number of hydrogen-bond donors (Lipinski definition) is 1. The molecule has 1 fully saturated rings. The van der Waals surface area contributed by atoms with Gasteiger partial charge in [0, 0.05) is 12.1 Å². The van der Waals surface area contributed by atoms with Crippen LogP contribution in [0.25, 0.3) is 0 Å². The maximum atomic E-state index is 5.88. The summed E-state index contributed by atoms with van der Waals surface area (Å²) in [6.07, 6.45) is 6.37. The summed E-state index contributed by atoms with van der Waals surface area (Å²) in [4.78, 5) is 2.33. The van der Waals surface area contributed by atoms with E-state index in [-0.39, 0.29) is 0 Å². The molecule has 1 rings (SSSR count). The Morgan fingerprint density at radius 1 is 1.09 bits per heavy atom. The zero-order valence-electron chi connectivity index (χ0n) is 7.71. The first-order chi connectivity index (χ1) is 5.20. The van der Waals surface area contributed by atoms with Crippen LogP contribution < -0.4 is 5.73 Å². The van der Waals surface area contributed by atoms with E-state index in [0.717, 1.165) is 6.04 Å². The Morgan fingerprint density at radius 3 is 2.45 bits per heavy atom. The van der Waals surface area contributed by atoms with Crippen LogP contribution in [0.3, 0.4) is 0 Å². The van der Waals surface area contributed by atoms with Gasteiger partial charge in [0.2, 0.25) is 0 Å². The van der Waals surface area contributed by atoms with Crippen molar-refractivity contribution >= 4 is 0 Å². The molecule has 1 aliphatic rings. The van der Waals surface area contributed by atoms with Crippen LogP contribution in [0.15, 0.2) is 0 Å². The number of nitrogens with zero attached hydrogens (tertiary/aromatic N) is 1. The van der Waals surface area contributed by atoms with E-state index in [1.807, 2.05) is 0 Å². The van der Waals surface area contributed by atoms with E-state index in [1.165, 1.54) is 32.1 Å². The summed E-state index contributed by atoms with van der Waals surface area (Å²) >= 11 is 0. The van der Waals surface area contributed by atoms with Gasteiger partial charge in [0.25, 0.3) is 0 Å². The van der Waals surface area contributed by atoms with E-state index in [0.29, 0.717) is 6.04 Å². The average Bonchev–Trinajstić information content (AvgIpc) is 2.13. The van der Waals surface area contributed by atoms with E-state index >= 15 is 0 Å². The van der Waals surface area contributed by atoms with Crippen molar-refractivity contribution in [1.82, 2.24) is 4.90 Å². The van der Waals surface area contributed by atoms with Gasteiger partial charge in [-0.15, -0.1) is 0 Å². The van der Waals surface area contributed by atoms with Crippen LogP contribution in [0, 0.1) is 0 Å². The molecule has 0 saturated heterocycles. The standard InChI is InChI=1S/C9H20N2/c1-11(2)9-5-3-4-8(10)6-7-9/h8-9H,3-7,10H2,1-2H3. The molecule has 2 nitrogen and oxygen atoms in total. The molecular formula is C9H20N2. The summed E-state index contributed by atoms with van der Waals surface area (Å²) < 4.78 is 0. The Labute approximate surface area is 69.8 Å². The molecule has 2 unspecified atom stereocenters. The van der Waals surface area contributed by atoms with Gasteiger partial charge < -0.3 is 10.6 Å². The Hall–Kier alpha value is -0.0800. The van der Waals surface area contributed by atoms with Gasteiger partial charge in [-0.2, -0.15) is 0 Å². The van der Waals surface area contributed by atoms with Crippen molar-refractivity contribution < 1.29 is 0 Å². The first kappa shape index (κ1) is 9.01. The molecule has 0 bridgehead atoms. The predicted octanol–water partition coefficient (Wildman–Crippen LogP) is 1.21. The van der Waals surface area contributed by atoms with Crippen LogP contribution in [0.5, 0.6) is 0 Å². The van der Waals surface area contributed by atoms with E-state index in [9.17, 15) is 0 Å². The van der Waals surface area contributed by atoms with Gasteiger partial charge in [-0.1, -0.05) is 6.42 Å². The SMILES string of the molecule is CN(C)C1CCCC(N)CC1. The summed E-state index contributed by atoms with van der Waals surface area (Å²) in [7, 11) is 4.34. The van der Waals surface area contributed by atoms with Crippen molar-refractivity contribution in [2.45, 2.75) is 44.2 Å². The van der Waals surface area contributed by atoms with Crippen LogP contribution in [0.4, 0.5) is 0 Å². The highest BCUT2D eigenvalue weighted by Crippen LogP contribution is 2.19. The second-order valence-corrected chi connectivity index (χ2v) is 3.89. The average molecular weight is 156 g/mol. The fourth-order valence-corrected chi connectivity index (χ4v) is 1.83. The van der Waals surface area contributed by atoms with Gasteiger partial charge in [-0.05, 0) is 39.8 Å². The topological polar surface area (TPSA) is 29.3 Å². The summed E-state index contributed by atoms with van der Waals surface area (Å²) in [5.41, 5.74) is 5.88. The summed E-state index contributed by atoms with van der Waals surface area (Å²) in [5, 5.41) is 0. The van der Waals surface area contributed by atoms with Crippen molar-refractivity contribution in [3.8, 4) is 0 Å². The monoisotopic (exact) mass is 156 g/mol. The summed E-state index contributed by atoms with van der Waals surface area (Å²) in [5.74, 6) is 0. The maximum Gasteiger partial charge on any atom is 0.00897 e. The molecule has 2 atom stereocenters. The van der Waals surface area contributed by atoms with E-state index in [4.69, 9.17) is 5.73 Å². The van der Waals surface area contributed by atoms with Gasteiger partial charge in [0.1, 0.15) is 0 Å². The lowest BCUT2D eigenvalue weighted by atomic mass is 10.1. The van der Waals surface area contributed by atoms with Crippen molar-refractivity contribution in [3.63, 3.8) is 0 Å². The molecule has 0 radical (unpaired) electrons. The lowest BCUT2D eigenvalue weighted by Crippen LogP contribution is -2.27. The smallest absolute Gasteiger partial charge is 0.00897 e. The molecule has 1 saturated carbocycles. The maximum absolute atomic E-state index is 5.88. The zero-order chi connectivity index (χ0) is 8.27. The molecular weight excluding hydrogens is 136 g/mol. The van der Waals surface area contributed by atoms with E-state index in [2.05, 4.69) is 19.0 Å².